The monoisotopic (exact) mass is 751 g/mol. The Labute approximate surface area is 324 Å². The zero-order chi connectivity index (χ0) is 38.7. The van der Waals surface area contributed by atoms with Crippen molar-refractivity contribution in [3.63, 3.8) is 0 Å². The molecule has 55 heavy (non-hydrogen) atoms. The Balaban J connectivity index is 0.822. The van der Waals surface area contributed by atoms with E-state index in [1.54, 1.807) is 33.7 Å². The minimum atomic E-state index is -0.141. The van der Waals surface area contributed by atoms with Gasteiger partial charge in [0.1, 0.15) is 28.6 Å². The Kier molecular flexibility index (Phi) is 13.9. The summed E-state index contributed by atoms with van der Waals surface area (Å²) in [4.78, 5) is 51.7. The highest BCUT2D eigenvalue weighted by molar-refractivity contribution is 6.04. The van der Waals surface area contributed by atoms with Crippen molar-refractivity contribution in [2.75, 3.05) is 40.4 Å². The Bertz CT molecular complexity index is 1970. The van der Waals surface area contributed by atoms with Crippen LogP contribution < -0.4 is 20.3 Å². The number of amides is 1. The van der Waals surface area contributed by atoms with Crippen molar-refractivity contribution < 1.29 is 23.9 Å². The molecule has 1 saturated carbocycles. The largest absolute Gasteiger partial charge is 0.496 e. The van der Waals surface area contributed by atoms with Crippen molar-refractivity contribution >= 4 is 28.4 Å². The van der Waals surface area contributed by atoms with Crippen molar-refractivity contribution in [3.05, 3.63) is 75.8 Å². The van der Waals surface area contributed by atoms with Crippen molar-refractivity contribution in [1.82, 2.24) is 25.0 Å². The molecule has 1 unspecified atom stereocenters. The molecule has 0 bridgehead atoms. The molecule has 0 radical (unpaired) electrons. The first-order chi connectivity index (χ1) is 26.7. The minimum Gasteiger partial charge on any atom is -0.496 e. The Morgan fingerprint density at radius 2 is 1.56 bits per heavy atom. The number of aromatic nitrogens is 3. The molecule has 11 heteroatoms. The maximum Gasteiger partial charge on any atom is 0.276 e. The number of nitrogens with zero attached hydrogens (tertiary/aromatic N) is 3. The van der Waals surface area contributed by atoms with Gasteiger partial charge >= 0.3 is 0 Å². The lowest BCUT2D eigenvalue weighted by atomic mass is 9.81. The fourth-order valence-electron chi connectivity index (χ4n) is 8.39. The average molecular weight is 752 g/mol. The molecule has 3 heterocycles. The first kappa shape index (κ1) is 39.9. The van der Waals surface area contributed by atoms with E-state index in [0.717, 1.165) is 60.1 Å². The lowest BCUT2D eigenvalue weighted by Gasteiger charge is -2.32. The van der Waals surface area contributed by atoms with E-state index in [9.17, 15) is 19.2 Å². The standard InChI is InChI=1S/C44H57N5O6/c1-48-29-38(37-28-46-47-43(37)44(48)53)33-25-40(54-2)36(41(26-33)55-3)11-10-12-42(52)45-21-8-6-4-5-7-9-22-49-23-19-31(20-24-49)30-13-15-32(16-14-30)35-18-17-34(50)27-39(35)51/h13-16,25-26,28-29,31,35H,4-12,17-24,27H2,1-3H3,(H,45,52)(H,46,47). The number of rotatable bonds is 18. The van der Waals surface area contributed by atoms with E-state index in [0.29, 0.717) is 61.6 Å². The molecule has 1 aliphatic carbocycles. The molecule has 2 aromatic carbocycles. The Morgan fingerprint density at radius 3 is 2.25 bits per heavy atom. The number of H-pyrrole nitrogens is 1. The van der Waals surface area contributed by atoms with Gasteiger partial charge in [-0.1, -0.05) is 49.9 Å². The van der Waals surface area contributed by atoms with Crippen molar-refractivity contribution in [2.24, 2.45) is 7.05 Å². The number of unbranched alkanes of at least 4 members (excludes halogenated alkanes) is 5. The number of Topliss-reactive ketones (excluding diaryl/α,β-unsaturated/α-hetero) is 2. The second kappa shape index (κ2) is 19.2. The van der Waals surface area contributed by atoms with Crippen LogP contribution in [0.15, 0.2) is 53.6 Å². The number of hydrogen-bond acceptors (Lipinski definition) is 8. The maximum atomic E-state index is 12.6. The van der Waals surface area contributed by atoms with Crippen LogP contribution in [0.1, 0.15) is 112 Å². The van der Waals surface area contributed by atoms with Gasteiger partial charge < -0.3 is 24.3 Å². The summed E-state index contributed by atoms with van der Waals surface area (Å²) >= 11 is 0. The third-order valence-electron chi connectivity index (χ3n) is 11.6. The van der Waals surface area contributed by atoms with Gasteiger partial charge in [0, 0.05) is 55.1 Å². The van der Waals surface area contributed by atoms with Crippen LogP contribution in [0.25, 0.3) is 22.0 Å². The summed E-state index contributed by atoms with van der Waals surface area (Å²) < 4.78 is 13.1. The minimum absolute atomic E-state index is 0.0672. The second-order valence-electron chi connectivity index (χ2n) is 15.4. The van der Waals surface area contributed by atoms with Crippen LogP contribution in [0.5, 0.6) is 11.5 Å². The van der Waals surface area contributed by atoms with E-state index in [-0.39, 0.29) is 35.4 Å². The summed E-state index contributed by atoms with van der Waals surface area (Å²) in [5.74, 6) is 2.05. The fourth-order valence-corrected chi connectivity index (χ4v) is 8.39. The summed E-state index contributed by atoms with van der Waals surface area (Å²) in [5, 5.41) is 10.7. The maximum absolute atomic E-state index is 12.6. The number of carbonyl (C=O) groups excluding carboxylic acids is 3. The van der Waals surface area contributed by atoms with Gasteiger partial charge in [-0.2, -0.15) is 5.10 Å². The van der Waals surface area contributed by atoms with Gasteiger partial charge in [-0.05, 0) is 99.3 Å². The van der Waals surface area contributed by atoms with Gasteiger partial charge in [-0.25, -0.2) is 0 Å². The van der Waals surface area contributed by atoms with Gasteiger partial charge in [0.05, 0.1) is 26.8 Å². The normalized spacial score (nSPS) is 16.8. The summed E-state index contributed by atoms with van der Waals surface area (Å²) in [6.07, 6.45) is 15.8. The topological polar surface area (TPSA) is 136 Å². The van der Waals surface area contributed by atoms with Crippen LogP contribution in [0, 0.1) is 0 Å². The molecular formula is C44H57N5O6. The number of aryl methyl sites for hydroxylation is 1. The number of aromatic amines is 1. The average Bonchev–Trinajstić information content (AvgIpc) is 3.69. The van der Waals surface area contributed by atoms with E-state index in [2.05, 4.69) is 44.7 Å². The van der Waals surface area contributed by atoms with E-state index in [4.69, 9.17) is 9.47 Å². The van der Waals surface area contributed by atoms with Crippen molar-refractivity contribution in [3.8, 4) is 22.6 Å². The second-order valence-corrected chi connectivity index (χ2v) is 15.4. The number of pyridine rings is 1. The van der Waals surface area contributed by atoms with Gasteiger partial charge in [-0.15, -0.1) is 0 Å². The third-order valence-corrected chi connectivity index (χ3v) is 11.6. The number of fused-ring (bicyclic) bond motifs is 1. The number of likely N-dealkylation sites (tertiary alicyclic amines) is 1. The summed E-state index contributed by atoms with van der Waals surface area (Å²) in [6.45, 7) is 4.14. The zero-order valence-electron chi connectivity index (χ0n) is 32.8. The van der Waals surface area contributed by atoms with Crippen LogP contribution in [0.3, 0.4) is 0 Å². The SMILES string of the molecule is COc1cc(-c2cn(C)c(=O)c3[nH]ncc23)cc(OC)c1CCCC(=O)NCCCCCCCCN1CCC(c2ccc(C3CCC(=O)CC3=O)cc2)CC1. The molecule has 1 saturated heterocycles. The van der Waals surface area contributed by atoms with Crippen LogP contribution in [0.2, 0.25) is 0 Å². The van der Waals surface area contributed by atoms with Gasteiger partial charge in [-0.3, -0.25) is 24.3 Å². The molecule has 294 valence electrons. The van der Waals surface area contributed by atoms with E-state index >= 15 is 0 Å². The number of methoxy groups -OCH3 is 2. The molecule has 1 atom stereocenters. The number of ketones is 2. The molecule has 1 amide bonds. The molecular weight excluding hydrogens is 695 g/mol. The summed E-state index contributed by atoms with van der Waals surface area (Å²) in [6, 6.07) is 12.5. The molecule has 2 fully saturated rings. The third kappa shape index (κ3) is 10.1. The number of piperidine rings is 1. The quantitative estimate of drug-likeness (QED) is 0.0819. The Morgan fingerprint density at radius 1 is 0.891 bits per heavy atom. The molecule has 0 spiro atoms. The smallest absolute Gasteiger partial charge is 0.276 e. The van der Waals surface area contributed by atoms with E-state index < -0.39 is 0 Å². The highest BCUT2D eigenvalue weighted by atomic mass is 16.5. The van der Waals surface area contributed by atoms with Crippen molar-refractivity contribution in [2.45, 2.75) is 102 Å². The molecule has 11 nitrogen and oxygen atoms in total. The summed E-state index contributed by atoms with van der Waals surface area (Å²) in [7, 11) is 4.98. The number of nitrogens with one attached hydrogen (secondary N) is 2. The predicted octanol–water partition coefficient (Wildman–Crippen LogP) is 7.01. The number of carbonyl (C=O) groups is 3. The van der Waals surface area contributed by atoms with E-state index in [1.165, 1.54) is 48.7 Å². The predicted molar refractivity (Wildman–Crippen MR) is 215 cm³/mol. The number of hydrogen-bond donors (Lipinski definition) is 2. The van der Waals surface area contributed by atoms with Crippen LogP contribution >= 0.6 is 0 Å². The van der Waals surface area contributed by atoms with Gasteiger partial charge in [0.15, 0.2) is 0 Å². The van der Waals surface area contributed by atoms with Gasteiger partial charge in [0.25, 0.3) is 5.56 Å². The molecule has 2 N–H and O–H groups in total. The lowest BCUT2D eigenvalue weighted by molar-refractivity contribution is -0.130. The first-order valence-electron chi connectivity index (χ1n) is 20.2. The van der Waals surface area contributed by atoms with E-state index in [1.807, 2.05) is 12.1 Å². The van der Waals surface area contributed by atoms with Gasteiger partial charge in [0.2, 0.25) is 5.91 Å². The van der Waals surface area contributed by atoms with Crippen LogP contribution in [0.4, 0.5) is 0 Å². The molecule has 1 aliphatic heterocycles. The van der Waals surface area contributed by atoms with Crippen LogP contribution in [-0.4, -0.2) is 77.5 Å². The lowest BCUT2D eigenvalue weighted by Crippen LogP contribution is -2.33. The highest BCUT2D eigenvalue weighted by Gasteiger charge is 2.28. The van der Waals surface area contributed by atoms with Crippen LogP contribution in [-0.2, 0) is 27.9 Å². The highest BCUT2D eigenvalue weighted by Crippen LogP contribution is 2.38. The number of ether oxygens (including phenoxy) is 2. The molecule has 6 rings (SSSR count). The zero-order valence-corrected chi connectivity index (χ0v) is 32.8. The fraction of sp³-hybridized carbons (Fsp3) is 0.523. The molecule has 2 aromatic heterocycles. The first-order valence-corrected chi connectivity index (χ1v) is 20.2. The Hall–Kier alpha value is -4.77. The number of benzene rings is 2. The summed E-state index contributed by atoms with van der Waals surface area (Å²) in [5.41, 5.74) is 5.36. The molecule has 4 aromatic rings. The van der Waals surface area contributed by atoms with Crippen molar-refractivity contribution in [1.29, 1.82) is 0 Å². The molecule has 2 aliphatic rings.